The van der Waals surface area contributed by atoms with Crippen LogP contribution in [0.4, 0.5) is 10.7 Å². The molecule has 2 amide bonds. The first kappa shape index (κ1) is 19.1. The third kappa shape index (κ3) is 4.00. The molecular formula is C22H21N3O3S. The lowest BCUT2D eigenvalue weighted by atomic mass is 9.95. The molecule has 0 radical (unpaired) electrons. The predicted octanol–water partition coefficient (Wildman–Crippen LogP) is 4.54. The summed E-state index contributed by atoms with van der Waals surface area (Å²) in [6.07, 6.45) is 7.05. The zero-order valence-electron chi connectivity index (χ0n) is 16.0. The van der Waals surface area contributed by atoms with Crippen molar-refractivity contribution >= 4 is 33.8 Å². The highest BCUT2D eigenvalue weighted by Crippen LogP contribution is 2.39. The maximum Gasteiger partial charge on any atom is 0.259 e. The maximum atomic E-state index is 13.2. The van der Waals surface area contributed by atoms with Gasteiger partial charge < -0.3 is 15.4 Å². The number of aryl methyl sites for hydroxylation is 1. The number of carbonyl (C=O) groups is 2. The molecule has 1 aromatic carbocycles. The number of thiophene rings is 1. The van der Waals surface area contributed by atoms with Gasteiger partial charge in [-0.2, -0.15) is 0 Å². The molecule has 1 aliphatic rings. The molecular weight excluding hydrogens is 386 g/mol. The Morgan fingerprint density at radius 3 is 2.55 bits per heavy atom. The van der Waals surface area contributed by atoms with Crippen LogP contribution in [0, 0.1) is 0 Å². The van der Waals surface area contributed by atoms with Gasteiger partial charge in [0.05, 0.1) is 18.4 Å². The highest BCUT2D eigenvalue weighted by molar-refractivity contribution is 7.17. The zero-order valence-corrected chi connectivity index (χ0v) is 16.8. The molecule has 0 saturated heterocycles. The van der Waals surface area contributed by atoms with E-state index in [2.05, 4.69) is 15.6 Å². The van der Waals surface area contributed by atoms with Gasteiger partial charge in [0.25, 0.3) is 11.8 Å². The molecule has 1 aliphatic carbocycles. The number of carbonyl (C=O) groups excluding carboxylic acids is 2. The van der Waals surface area contributed by atoms with Gasteiger partial charge in [-0.25, -0.2) is 0 Å². The Hall–Kier alpha value is -3.19. The van der Waals surface area contributed by atoms with E-state index in [1.165, 1.54) is 16.2 Å². The molecule has 7 heteroatoms. The van der Waals surface area contributed by atoms with Gasteiger partial charge in [-0.05, 0) is 55.5 Å². The Morgan fingerprint density at radius 2 is 1.76 bits per heavy atom. The molecule has 2 aromatic heterocycles. The number of para-hydroxylation sites is 2. The van der Waals surface area contributed by atoms with Crippen molar-refractivity contribution in [2.45, 2.75) is 25.7 Å². The lowest BCUT2D eigenvalue weighted by Gasteiger charge is -2.14. The highest BCUT2D eigenvalue weighted by atomic mass is 32.1. The minimum atomic E-state index is -0.252. The van der Waals surface area contributed by atoms with Gasteiger partial charge in [-0.15, -0.1) is 11.3 Å². The van der Waals surface area contributed by atoms with Crippen LogP contribution in [0.15, 0.2) is 48.8 Å². The molecule has 2 heterocycles. The minimum Gasteiger partial charge on any atom is -0.495 e. The average Bonchev–Trinajstić information content (AvgIpc) is 3.12. The van der Waals surface area contributed by atoms with Gasteiger partial charge in [0.1, 0.15) is 10.8 Å². The van der Waals surface area contributed by atoms with Gasteiger partial charge in [-0.1, -0.05) is 12.1 Å². The quantitative estimate of drug-likeness (QED) is 0.651. The second-order valence-electron chi connectivity index (χ2n) is 6.76. The number of nitrogens with zero attached hydrogens (tertiary/aromatic N) is 1. The van der Waals surface area contributed by atoms with E-state index in [-0.39, 0.29) is 11.8 Å². The summed E-state index contributed by atoms with van der Waals surface area (Å²) in [7, 11) is 1.57. The standard InChI is InChI=1S/C22H21N3O3S/c1-28-17-8-4-3-7-16(17)24-21(27)19-15-6-2-5-9-18(15)29-22(19)25-20(26)14-10-12-23-13-11-14/h3-4,7-8,10-13H,2,5-6,9H2,1H3,(H,24,27)(H,25,26). The van der Waals surface area contributed by atoms with Crippen LogP contribution in [0.25, 0.3) is 0 Å². The predicted molar refractivity (Wildman–Crippen MR) is 114 cm³/mol. The number of nitrogens with one attached hydrogen (secondary N) is 2. The summed E-state index contributed by atoms with van der Waals surface area (Å²) in [5, 5.41) is 6.48. The van der Waals surface area contributed by atoms with E-state index in [4.69, 9.17) is 4.74 Å². The van der Waals surface area contributed by atoms with Crippen molar-refractivity contribution in [3.05, 3.63) is 70.4 Å². The van der Waals surface area contributed by atoms with Crippen LogP contribution in [-0.2, 0) is 12.8 Å². The van der Waals surface area contributed by atoms with E-state index >= 15 is 0 Å². The summed E-state index contributed by atoms with van der Waals surface area (Å²) in [5.74, 6) is 0.101. The van der Waals surface area contributed by atoms with Gasteiger partial charge in [0.15, 0.2) is 0 Å². The Morgan fingerprint density at radius 1 is 1.00 bits per heavy atom. The number of hydrogen-bond donors (Lipinski definition) is 2. The number of methoxy groups -OCH3 is 1. The van der Waals surface area contributed by atoms with E-state index in [9.17, 15) is 9.59 Å². The molecule has 0 bridgehead atoms. The van der Waals surface area contributed by atoms with Gasteiger partial charge in [0, 0.05) is 22.8 Å². The molecule has 0 fully saturated rings. The van der Waals surface area contributed by atoms with E-state index in [0.29, 0.717) is 27.6 Å². The lowest BCUT2D eigenvalue weighted by Crippen LogP contribution is -2.19. The second-order valence-corrected chi connectivity index (χ2v) is 7.86. The van der Waals surface area contributed by atoms with Crippen LogP contribution in [0.2, 0.25) is 0 Å². The summed E-state index contributed by atoms with van der Waals surface area (Å²) in [4.78, 5) is 31.0. The number of anilines is 2. The summed E-state index contributed by atoms with van der Waals surface area (Å²) in [6.45, 7) is 0. The third-order valence-corrected chi connectivity index (χ3v) is 6.13. The molecule has 0 atom stereocenters. The first-order valence-corrected chi connectivity index (χ1v) is 10.3. The van der Waals surface area contributed by atoms with Crippen molar-refractivity contribution in [3.63, 3.8) is 0 Å². The molecule has 0 saturated carbocycles. The SMILES string of the molecule is COc1ccccc1NC(=O)c1c(NC(=O)c2ccncc2)sc2c1CCCC2. The van der Waals surface area contributed by atoms with Crippen LogP contribution in [0.5, 0.6) is 5.75 Å². The maximum absolute atomic E-state index is 13.2. The van der Waals surface area contributed by atoms with Crippen LogP contribution < -0.4 is 15.4 Å². The summed E-state index contributed by atoms with van der Waals surface area (Å²) in [6, 6.07) is 10.6. The monoisotopic (exact) mass is 407 g/mol. The fourth-order valence-electron chi connectivity index (χ4n) is 3.51. The second kappa shape index (κ2) is 8.45. The molecule has 0 spiro atoms. The molecule has 2 N–H and O–H groups in total. The normalized spacial score (nSPS) is 12.7. The topological polar surface area (TPSA) is 80.3 Å². The summed E-state index contributed by atoms with van der Waals surface area (Å²) in [5.41, 5.74) is 2.70. The number of benzene rings is 1. The Balaban J connectivity index is 1.67. The van der Waals surface area contributed by atoms with E-state index in [0.717, 1.165) is 31.2 Å². The first-order valence-electron chi connectivity index (χ1n) is 9.47. The average molecular weight is 407 g/mol. The van der Waals surface area contributed by atoms with Gasteiger partial charge in [-0.3, -0.25) is 14.6 Å². The van der Waals surface area contributed by atoms with E-state index < -0.39 is 0 Å². The van der Waals surface area contributed by atoms with Crippen molar-refractivity contribution in [1.82, 2.24) is 4.98 Å². The van der Waals surface area contributed by atoms with Gasteiger partial charge >= 0.3 is 0 Å². The summed E-state index contributed by atoms with van der Waals surface area (Å²) >= 11 is 1.49. The van der Waals surface area contributed by atoms with Gasteiger partial charge in [0.2, 0.25) is 0 Å². The molecule has 0 unspecified atom stereocenters. The minimum absolute atomic E-state index is 0.237. The van der Waals surface area contributed by atoms with Crippen LogP contribution in [0.3, 0.4) is 0 Å². The van der Waals surface area contributed by atoms with Crippen LogP contribution in [0.1, 0.15) is 44.0 Å². The fraction of sp³-hybridized carbons (Fsp3) is 0.227. The number of aromatic nitrogens is 1. The number of rotatable bonds is 5. The third-order valence-electron chi connectivity index (χ3n) is 4.92. The van der Waals surface area contributed by atoms with Crippen LogP contribution >= 0.6 is 11.3 Å². The number of amides is 2. The fourth-order valence-corrected chi connectivity index (χ4v) is 4.79. The van der Waals surface area contributed by atoms with Crippen molar-refractivity contribution in [3.8, 4) is 5.75 Å². The zero-order chi connectivity index (χ0) is 20.2. The van der Waals surface area contributed by atoms with Crippen molar-refractivity contribution in [1.29, 1.82) is 0 Å². The number of fused-ring (bicyclic) bond motifs is 1. The Bertz CT molecular complexity index is 1050. The van der Waals surface area contributed by atoms with Crippen molar-refractivity contribution in [2.75, 3.05) is 17.7 Å². The smallest absolute Gasteiger partial charge is 0.259 e. The van der Waals surface area contributed by atoms with Crippen molar-refractivity contribution < 1.29 is 14.3 Å². The molecule has 4 rings (SSSR count). The number of hydrogen-bond acceptors (Lipinski definition) is 5. The molecule has 0 aliphatic heterocycles. The molecule has 3 aromatic rings. The number of pyridine rings is 1. The van der Waals surface area contributed by atoms with Crippen LogP contribution in [-0.4, -0.2) is 23.9 Å². The molecule has 29 heavy (non-hydrogen) atoms. The lowest BCUT2D eigenvalue weighted by molar-refractivity contribution is 0.102. The highest BCUT2D eigenvalue weighted by Gasteiger charge is 2.27. The Kier molecular flexibility index (Phi) is 5.57. The molecule has 148 valence electrons. The van der Waals surface area contributed by atoms with Crippen molar-refractivity contribution in [2.24, 2.45) is 0 Å². The number of ether oxygens (including phenoxy) is 1. The molecule has 6 nitrogen and oxygen atoms in total. The van der Waals surface area contributed by atoms with E-state index in [1.807, 2.05) is 12.1 Å². The summed E-state index contributed by atoms with van der Waals surface area (Å²) < 4.78 is 5.34. The first-order chi connectivity index (χ1) is 14.2. The largest absolute Gasteiger partial charge is 0.495 e. The Labute approximate surface area is 172 Å². The van der Waals surface area contributed by atoms with E-state index in [1.54, 1.807) is 43.8 Å².